The summed E-state index contributed by atoms with van der Waals surface area (Å²) in [5.41, 5.74) is 4.34. The second kappa shape index (κ2) is 8.64. The molecule has 1 heterocycles. The molecule has 0 bridgehead atoms. The number of anilines is 1. The molecule has 4 nitrogen and oxygen atoms in total. The van der Waals surface area contributed by atoms with E-state index in [-0.39, 0.29) is 11.8 Å². The van der Waals surface area contributed by atoms with E-state index in [1.807, 2.05) is 24.3 Å². The lowest BCUT2D eigenvalue weighted by molar-refractivity contribution is -0.121. The van der Waals surface area contributed by atoms with E-state index < -0.39 is 0 Å². The van der Waals surface area contributed by atoms with Gasteiger partial charge in [-0.05, 0) is 49.6 Å². The van der Waals surface area contributed by atoms with Gasteiger partial charge in [0.2, 0.25) is 5.91 Å². The summed E-state index contributed by atoms with van der Waals surface area (Å²) >= 11 is 0. The zero-order chi connectivity index (χ0) is 18.4. The fraction of sp³-hybridized carbons (Fsp3) is 0.364. The number of carbonyl (C=O) groups excluding carboxylic acids is 1. The lowest BCUT2D eigenvalue weighted by Gasteiger charge is -2.32. The van der Waals surface area contributed by atoms with Gasteiger partial charge in [0.15, 0.2) is 0 Å². The molecule has 1 aliphatic heterocycles. The highest BCUT2D eigenvalue weighted by Crippen LogP contribution is 2.21. The normalized spacial score (nSPS) is 17.5. The highest BCUT2D eigenvalue weighted by Gasteiger charge is 2.25. The molecule has 0 spiro atoms. The van der Waals surface area contributed by atoms with Crippen molar-refractivity contribution in [3.8, 4) is 6.07 Å². The molecule has 2 aromatic rings. The SMILES string of the molecule is Cc1cccc(CN2CCCC(C(=O)Nc3ccc(CC#N)cc3)C2)c1. The average molecular weight is 347 g/mol. The topological polar surface area (TPSA) is 56.1 Å². The first-order valence-electron chi connectivity index (χ1n) is 9.18. The lowest BCUT2D eigenvalue weighted by atomic mass is 9.96. The number of nitrogens with one attached hydrogen (secondary N) is 1. The third-order valence-corrected chi connectivity index (χ3v) is 4.87. The van der Waals surface area contributed by atoms with E-state index in [0.29, 0.717) is 6.42 Å². The summed E-state index contributed by atoms with van der Waals surface area (Å²) in [6.07, 6.45) is 2.37. The van der Waals surface area contributed by atoms with Crippen molar-refractivity contribution >= 4 is 11.6 Å². The Labute approximate surface area is 155 Å². The number of nitriles is 1. The van der Waals surface area contributed by atoms with E-state index in [4.69, 9.17) is 5.26 Å². The minimum Gasteiger partial charge on any atom is -0.326 e. The Morgan fingerprint density at radius 3 is 2.77 bits per heavy atom. The third kappa shape index (κ3) is 4.93. The van der Waals surface area contributed by atoms with E-state index in [1.54, 1.807) is 0 Å². The second-order valence-electron chi connectivity index (χ2n) is 7.08. The Morgan fingerprint density at radius 2 is 2.04 bits per heavy atom. The molecule has 1 unspecified atom stereocenters. The zero-order valence-corrected chi connectivity index (χ0v) is 15.2. The maximum Gasteiger partial charge on any atom is 0.228 e. The molecule has 1 atom stereocenters. The summed E-state index contributed by atoms with van der Waals surface area (Å²) in [6.45, 7) is 4.85. The minimum atomic E-state index is 0.0207. The molecule has 0 aliphatic carbocycles. The standard InChI is InChI=1S/C22H25N3O/c1-17-4-2-5-19(14-17)15-25-13-3-6-20(16-25)22(26)24-21-9-7-18(8-10-21)11-12-23/h2,4-5,7-10,14,20H,3,6,11,13,15-16H2,1H3,(H,24,26). The highest BCUT2D eigenvalue weighted by atomic mass is 16.1. The number of piperidine rings is 1. The van der Waals surface area contributed by atoms with E-state index in [1.165, 1.54) is 11.1 Å². The molecule has 0 saturated carbocycles. The molecule has 1 aliphatic rings. The lowest BCUT2D eigenvalue weighted by Crippen LogP contribution is -2.40. The molecule has 1 amide bonds. The van der Waals surface area contributed by atoms with Crippen molar-refractivity contribution < 1.29 is 4.79 Å². The number of aryl methyl sites for hydroxylation is 1. The minimum absolute atomic E-state index is 0.0207. The Morgan fingerprint density at radius 1 is 1.23 bits per heavy atom. The van der Waals surface area contributed by atoms with Gasteiger partial charge in [-0.2, -0.15) is 5.26 Å². The van der Waals surface area contributed by atoms with Crippen molar-refractivity contribution in [2.24, 2.45) is 5.92 Å². The molecule has 26 heavy (non-hydrogen) atoms. The van der Waals surface area contributed by atoms with E-state index >= 15 is 0 Å². The molecular formula is C22H25N3O. The van der Waals surface area contributed by atoms with Crippen LogP contribution in [-0.2, 0) is 17.8 Å². The maximum atomic E-state index is 12.6. The van der Waals surface area contributed by atoms with E-state index in [0.717, 1.165) is 43.7 Å². The predicted octanol–water partition coefficient (Wildman–Crippen LogP) is 3.91. The molecule has 4 heteroatoms. The molecule has 3 rings (SSSR count). The Bertz CT molecular complexity index is 792. The van der Waals surface area contributed by atoms with Crippen molar-refractivity contribution in [3.63, 3.8) is 0 Å². The Balaban J connectivity index is 1.56. The van der Waals surface area contributed by atoms with Gasteiger partial charge in [0, 0.05) is 18.8 Å². The second-order valence-corrected chi connectivity index (χ2v) is 7.08. The number of likely N-dealkylation sites (tertiary alicyclic amines) is 1. The van der Waals surface area contributed by atoms with Crippen LogP contribution in [0.4, 0.5) is 5.69 Å². The third-order valence-electron chi connectivity index (χ3n) is 4.87. The van der Waals surface area contributed by atoms with Gasteiger partial charge in [-0.25, -0.2) is 0 Å². The number of hydrogen-bond donors (Lipinski definition) is 1. The molecule has 1 saturated heterocycles. The van der Waals surface area contributed by atoms with Crippen molar-refractivity contribution in [1.82, 2.24) is 4.90 Å². The summed E-state index contributed by atoms with van der Waals surface area (Å²) in [6, 6.07) is 18.2. The fourth-order valence-corrected chi connectivity index (χ4v) is 3.52. The van der Waals surface area contributed by atoms with E-state index in [2.05, 4.69) is 47.5 Å². The first-order chi connectivity index (χ1) is 12.6. The van der Waals surface area contributed by atoms with Gasteiger partial charge < -0.3 is 5.32 Å². The van der Waals surface area contributed by atoms with Crippen molar-refractivity contribution in [2.75, 3.05) is 18.4 Å². The van der Waals surface area contributed by atoms with Gasteiger partial charge in [-0.1, -0.05) is 42.0 Å². The predicted molar refractivity (Wildman–Crippen MR) is 104 cm³/mol. The number of benzene rings is 2. The quantitative estimate of drug-likeness (QED) is 0.892. The summed E-state index contributed by atoms with van der Waals surface area (Å²) in [7, 11) is 0. The molecule has 1 N–H and O–H groups in total. The number of amides is 1. The van der Waals surface area contributed by atoms with E-state index in [9.17, 15) is 4.79 Å². The zero-order valence-electron chi connectivity index (χ0n) is 15.2. The molecule has 0 radical (unpaired) electrons. The van der Waals surface area contributed by atoms with Crippen molar-refractivity contribution in [2.45, 2.75) is 32.7 Å². The van der Waals surface area contributed by atoms with Gasteiger partial charge in [-0.15, -0.1) is 0 Å². The maximum absolute atomic E-state index is 12.6. The Hall–Kier alpha value is -2.64. The monoisotopic (exact) mass is 347 g/mol. The van der Waals surface area contributed by atoms with Crippen molar-refractivity contribution in [3.05, 3.63) is 65.2 Å². The van der Waals surface area contributed by atoms with Gasteiger partial charge in [0.1, 0.15) is 0 Å². The number of rotatable bonds is 5. The number of carbonyl (C=O) groups is 1. The van der Waals surface area contributed by atoms with Crippen LogP contribution >= 0.6 is 0 Å². The Kier molecular flexibility index (Phi) is 6.04. The summed E-state index contributed by atoms with van der Waals surface area (Å²) in [5.74, 6) is 0.110. The number of hydrogen-bond acceptors (Lipinski definition) is 3. The summed E-state index contributed by atoms with van der Waals surface area (Å²) < 4.78 is 0. The summed E-state index contributed by atoms with van der Waals surface area (Å²) in [5, 5.41) is 11.8. The first-order valence-corrected chi connectivity index (χ1v) is 9.18. The first kappa shape index (κ1) is 18.2. The van der Waals surface area contributed by atoms with Crippen LogP contribution in [0.15, 0.2) is 48.5 Å². The average Bonchev–Trinajstić information content (AvgIpc) is 2.64. The fourth-order valence-electron chi connectivity index (χ4n) is 3.52. The molecule has 1 fully saturated rings. The van der Waals surface area contributed by atoms with Gasteiger partial charge in [0.25, 0.3) is 0 Å². The van der Waals surface area contributed by atoms with Crippen LogP contribution in [0.2, 0.25) is 0 Å². The van der Waals surface area contributed by atoms with Crippen molar-refractivity contribution in [1.29, 1.82) is 5.26 Å². The smallest absolute Gasteiger partial charge is 0.228 e. The van der Waals surface area contributed by atoms with Crippen LogP contribution in [0.3, 0.4) is 0 Å². The van der Waals surface area contributed by atoms with Crippen LogP contribution < -0.4 is 5.32 Å². The highest BCUT2D eigenvalue weighted by molar-refractivity contribution is 5.92. The molecular weight excluding hydrogens is 322 g/mol. The molecule has 2 aromatic carbocycles. The number of nitrogens with zero attached hydrogens (tertiary/aromatic N) is 2. The van der Waals surface area contributed by atoms with Crippen LogP contribution in [0.25, 0.3) is 0 Å². The van der Waals surface area contributed by atoms with Crippen LogP contribution in [-0.4, -0.2) is 23.9 Å². The van der Waals surface area contributed by atoms with Crippen LogP contribution in [0.5, 0.6) is 0 Å². The summed E-state index contributed by atoms with van der Waals surface area (Å²) in [4.78, 5) is 15.0. The van der Waals surface area contributed by atoms with Crippen LogP contribution in [0.1, 0.15) is 29.5 Å². The van der Waals surface area contributed by atoms with Crippen LogP contribution in [0, 0.1) is 24.2 Å². The van der Waals surface area contributed by atoms with Gasteiger partial charge in [0.05, 0.1) is 18.4 Å². The molecule has 0 aromatic heterocycles. The van der Waals surface area contributed by atoms with Gasteiger partial charge >= 0.3 is 0 Å². The molecule has 134 valence electrons. The largest absolute Gasteiger partial charge is 0.326 e. The van der Waals surface area contributed by atoms with Gasteiger partial charge in [-0.3, -0.25) is 9.69 Å².